The van der Waals surface area contributed by atoms with Crippen LogP contribution in [0.5, 0.6) is 0 Å². The Morgan fingerprint density at radius 2 is 2.10 bits per heavy atom. The highest BCUT2D eigenvalue weighted by Crippen LogP contribution is 2.32. The number of hydrogen-bond acceptors (Lipinski definition) is 4. The third-order valence-electron chi connectivity index (χ3n) is 4.71. The van der Waals surface area contributed by atoms with Gasteiger partial charge in [-0.05, 0) is 25.0 Å². The van der Waals surface area contributed by atoms with E-state index in [1.165, 1.54) is 41.9 Å². The molecule has 1 saturated heterocycles. The van der Waals surface area contributed by atoms with E-state index in [1.807, 2.05) is 11.3 Å². The van der Waals surface area contributed by atoms with E-state index in [9.17, 15) is 0 Å². The van der Waals surface area contributed by atoms with Gasteiger partial charge < -0.3 is 5.32 Å². The molecule has 3 nitrogen and oxygen atoms in total. The molecule has 1 aliphatic carbocycles. The number of rotatable bonds is 2. The van der Waals surface area contributed by atoms with Gasteiger partial charge in [-0.3, -0.25) is 4.90 Å². The lowest BCUT2D eigenvalue weighted by Crippen LogP contribution is -2.58. The minimum atomic E-state index is 0.412. The Kier molecular flexibility index (Phi) is 3.25. The predicted octanol–water partition coefficient (Wildman–Crippen LogP) is 3.01. The average Bonchev–Trinajstić information content (AvgIpc) is 3.05. The number of thiazole rings is 1. The number of nitrogens with one attached hydrogen (secondary N) is 1. The monoisotopic (exact) mass is 287 g/mol. The molecule has 4 heteroatoms. The molecule has 20 heavy (non-hydrogen) atoms. The Bertz CT molecular complexity index is 568. The van der Waals surface area contributed by atoms with Crippen molar-refractivity contribution < 1.29 is 0 Å². The fourth-order valence-electron chi connectivity index (χ4n) is 3.74. The van der Waals surface area contributed by atoms with Crippen LogP contribution in [-0.2, 0) is 6.54 Å². The van der Waals surface area contributed by atoms with Crippen LogP contribution in [0.1, 0.15) is 30.7 Å². The molecule has 1 aliphatic heterocycles. The van der Waals surface area contributed by atoms with Gasteiger partial charge in [-0.2, -0.15) is 0 Å². The molecule has 1 N–H and O–H groups in total. The van der Waals surface area contributed by atoms with E-state index in [2.05, 4.69) is 34.5 Å². The smallest absolute Gasteiger partial charge is 0.108 e. The Morgan fingerprint density at radius 1 is 1.25 bits per heavy atom. The van der Waals surface area contributed by atoms with Crippen molar-refractivity contribution in [3.8, 4) is 0 Å². The van der Waals surface area contributed by atoms with Crippen LogP contribution in [0.4, 0.5) is 0 Å². The second-order valence-electron chi connectivity index (χ2n) is 6.20. The summed E-state index contributed by atoms with van der Waals surface area (Å²) >= 11 is 1.85. The quantitative estimate of drug-likeness (QED) is 0.920. The number of benzene rings is 1. The molecule has 0 radical (unpaired) electrons. The van der Waals surface area contributed by atoms with E-state index in [1.54, 1.807) is 0 Å². The molecule has 1 aromatic carbocycles. The van der Waals surface area contributed by atoms with Gasteiger partial charge in [0.15, 0.2) is 0 Å². The molecule has 1 spiro atoms. The molecule has 106 valence electrons. The van der Waals surface area contributed by atoms with Gasteiger partial charge in [-0.25, -0.2) is 4.98 Å². The van der Waals surface area contributed by atoms with Crippen LogP contribution in [0.25, 0.3) is 10.2 Å². The molecule has 2 aromatic rings. The van der Waals surface area contributed by atoms with Gasteiger partial charge >= 0.3 is 0 Å². The summed E-state index contributed by atoms with van der Waals surface area (Å²) < 4.78 is 1.31. The highest BCUT2D eigenvalue weighted by atomic mass is 32.1. The number of para-hydroxylation sites is 1. The first-order valence-electron chi connectivity index (χ1n) is 7.65. The fraction of sp³-hybridized carbons (Fsp3) is 0.562. The van der Waals surface area contributed by atoms with Crippen molar-refractivity contribution in [3.05, 3.63) is 29.3 Å². The lowest BCUT2D eigenvalue weighted by molar-refractivity contribution is 0.129. The highest BCUT2D eigenvalue weighted by Gasteiger charge is 2.37. The zero-order chi connectivity index (χ0) is 13.4. The number of hydrogen-bond donors (Lipinski definition) is 1. The van der Waals surface area contributed by atoms with Gasteiger partial charge in [0.1, 0.15) is 5.01 Å². The average molecular weight is 287 g/mol. The number of piperazine rings is 1. The largest absolute Gasteiger partial charge is 0.309 e. The summed E-state index contributed by atoms with van der Waals surface area (Å²) in [7, 11) is 0. The summed E-state index contributed by atoms with van der Waals surface area (Å²) in [6, 6.07) is 8.46. The minimum Gasteiger partial charge on any atom is -0.309 e. The molecule has 0 bridgehead atoms. The Hall–Kier alpha value is -0.970. The van der Waals surface area contributed by atoms with Crippen LogP contribution >= 0.6 is 11.3 Å². The first-order chi connectivity index (χ1) is 9.83. The minimum absolute atomic E-state index is 0.412. The van der Waals surface area contributed by atoms with Crippen molar-refractivity contribution in [1.29, 1.82) is 0 Å². The van der Waals surface area contributed by atoms with Crippen molar-refractivity contribution >= 4 is 21.6 Å². The lowest BCUT2D eigenvalue weighted by atomic mass is 9.94. The van der Waals surface area contributed by atoms with E-state index in [-0.39, 0.29) is 0 Å². The molecule has 1 aromatic heterocycles. The van der Waals surface area contributed by atoms with Crippen LogP contribution in [0.2, 0.25) is 0 Å². The SMILES string of the molecule is c1ccc2sc(CN3CCNC4(CCCC4)C3)nc2c1. The first kappa shape index (κ1) is 12.7. The molecule has 0 atom stereocenters. The molecule has 2 fully saturated rings. The maximum Gasteiger partial charge on any atom is 0.108 e. The zero-order valence-corrected chi connectivity index (χ0v) is 12.6. The second kappa shape index (κ2) is 5.10. The van der Waals surface area contributed by atoms with Crippen LogP contribution < -0.4 is 5.32 Å². The van der Waals surface area contributed by atoms with Crippen LogP contribution in [0, 0.1) is 0 Å². The van der Waals surface area contributed by atoms with Crippen molar-refractivity contribution in [3.63, 3.8) is 0 Å². The van der Waals surface area contributed by atoms with E-state index < -0.39 is 0 Å². The third-order valence-corrected chi connectivity index (χ3v) is 5.73. The summed E-state index contributed by atoms with van der Waals surface area (Å²) in [4.78, 5) is 7.38. The molecular formula is C16H21N3S. The molecule has 2 heterocycles. The number of fused-ring (bicyclic) bond motifs is 1. The predicted molar refractivity (Wildman–Crippen MR) is 84.1 cm³/mol. The summed E-state index contributed by atoms with van der Waals surface area (Å²) in [5, 5.41) is 5.04. The molecule has 0 amide bonds. The van der Waals surface area contributed by atoms with Crippen molar-refractivity contribution in [2.24, 2.45) is 0 Å². The van der Waals surface area contributed by atoms with Crippen molar-refractivity contribution in [2.75, 3.05) is 19.6 Å². The Morgan fingerprint density at radius 3 is 2.95 bits per heavy atom. The molecule has 0 unspecified atom stereocenters. The van der Waals surface area contributed by atoms with Crippen LogP contribution in [-0.4, -0.2) is 35.1 Å². The highest BCUT2D eigenvalue weighted by molar-refractivity contribution is 7.18. The summed E-state index contributed by atoms with van der Waals surface area (Å²) in [6.07, 6.45) is 5.48. The van der Waals surface area contributed by atoms with Crippen molar-refractivity contribution in [1.82, 2.24) is 15.2 Å². The molecule has 4 rings (SSSR count). The van der Waals surface area contributed by atoms with E-state index in [4.69, 9.17) is 4.98 Å². The lowest BCUT2D eigenvalue weighted by Gasteiger charge is -2.41. The van der Waals surface area contributed by atoms with Gasteiger partial charge in [0.2, 0.25) is 0 Å². The van der Waals surface area contributed by atoms with Gasteiger partial charge in [-0.1, -0.05) is 25.0 Å². The Labute approximate surface area is 124 Å². The third kappa shape index (κ3) is 2.36. The maximum atomic E-state index is 4.78. The summed E-state index contributed by atoms with van der Waals surface area (Å²) in [6.45, 7) is 4.49. The first-order valence-corrected chi connectivity index (χ1v) is 8.47. The maximum absolute atomic E-state index is 4.78. The van der Waals surface area contributed by atoms with Gasteiger partial charge in [0.25, 0.3) is 0 Å². The number of nitrogens with zero attached hydrogens (tertiary/aromatic N) is 2. The van der Waals surface area contributed by atoms with Crippen LogP contribution in [0.3, 0.4) is 0 Å². The van der Waals surface area contributed by atoms with Crippen LogP contribution in [0.15, 0.2) is 24.3 Å². The van der Waals surface area contributed by atoms with Gasteiger partial charge in [0.05, 0.1) is 16.8 Å². The molecule has 1 saturated carbocycles. The normalized spacial score (nSPS) is 22.8. The second-order valence-corrected chi connectivity index (χ2v) is 7.32. The zero-order valence-electron chi connectivity index (χ0n) is 11.8. The molecule has 2 aliphatic rings. The number of aromatic nitrogens is 1. The topological polar surface area (TPSA) is 28.2 Å². The van der Waals surface area contributed by atoms with Gasteiger partial charge in [0, 0.05) is 25.2 Å². The van der Waals surface area contributed by atoms with E-state index >= 15 is 0 Å². The van der Waals surface area contributed by atoms with E-state index in [0.717, 1.165) is 25.2 Å². The summed E-state index contributed by atoms with van der Waals surface area (Å²) in [5.74, 6) is 0. The Balaban J connectivity index is 1.50. The van der Waals surface area contributed by atoms with Crippen molar-refractivity contribution in [2.45, 2.75) is 37.8 Å². The fourth-order valence-corrected chi connectivity index (χ4v) is 4.75. The summed E-state index contributed by atoms with van der Waals surface area (Å²) in [5.41, 5.74) is 1.56. The standard InChI is InChI=1S/C16H21N3S/c1-2-6-14-13(5-1)18-15(20-14)11-19-10-9-17-16(12-19)7-3-4-8-16/h1-2,5-6,17H,3-4,7-12H2. The molecular weight excluding hydrogens is 266 g/mol. The van der Waals surface area contributed by atoms with Gasteiger partial charge in [-0.15, -0.1) is 11.3 Å². The van der Waals surface area contributed by atoms with E-state index in [0.29, 0.717) is 5.54 Å².